The Morgan fingerprint density at radius 3 is 1.13 bits per heavy atom. The van der Waals surface area contributed by atoms with Crippen molar-refractivity contribution in [3.8, 4) is 0 Å². The van der Waals surface area contributed by atoms with E-state index in [-0.39, 0.29) is 5.54 Å². The van der Waals surface area contributed by atoms with Crippen LogP contribution in [0, 0.1) is 0 Å². The van der Waals surface area contributed by atoms with Crippen molar-refractivity contribution in [1.29, 1.82) is 0 Å². The van der Waals surface area contributed by atoms with Gasteiger partial charge >= 0.3 is 0 Å². The third kappa shape index (κ3) is 5.05. The lowest BCUT2D eigenvalue weighted by Crippen LogP contribution is -2.53. The molecule has 3 aromatic carbocycles. The van der Waals surface area contributed by atoms with E-state index in [0.717, 1.165) is 52.4 Å². The molecule has 31 heavy (non-hydrogen) atoms. The van der Waals surface area contributed by atoms with E-state index in [1.165, 1.54) is 16.7 Å². The van der Waals surface area contributed by atoms with Crippen LogP contribution in [0.2, 0.25) is 0 Å². The molecular weight excluding hydrogens is 380 g/mol. The van der Waals surface area contributed by atoms with Gasteiger partial charge in [-0.25, -0.2) is 0 Å². The maximum atomic E-state index is 3.64. The van der Waals surface area contributed by atoms with E-state index in [2.05, 4.69) is 112 Å². The molecule has 3 N–H and O–H groups in total. The third-order valence-corrected chi connectivity index (χ3v) is 6.12. The zero-order valence-corrected chi connectivity index (χ0v) is 18.3. The molecule has 0 aromatic heterocycles. The molecule has 1 saturated heterocycles. The molecular formula is C27H34N4. The summed E-state index contributed by atoms with van der Waals surface area (Å²) in [6.07, 6.45) is 0. The zero-order chi connectivity index (χ0) is 21.2. The first-order valence-electron chi connectivity index (χ1n) is 11.5. The van der Waals surface area contributed by atoms with Crippen molar-refractivity contribution in [2.24, 2.45) is 0 Å². The monoisotopic (exact) mass is 414 g/mol. The summed E-state index contributed by atoms with van der Waals surface area (Å²) in [5.41, 5.74) is 3.57. The van der Waals surface area contributed by atoms with E-state index in [4.69, 9.17) is 0 Å². The molecule has 4 nitrogen and oxygen atoms in total. The maximum absolute atomic E-state index is 3.64. The number of hydrogen-bond donors (Lipinski definition) is 3. The van der Waals surface area contributed by atoms with Crippen LogP contribution in [0.25, 0.3) is 0 Å². The third-order valence-electron chi connectivity index (χ3n) is 6.12. The summed E-state index contributed by atoms with van der Waals surface area (Å²) in [6, 6.07) is 33.0. The molecule has 4 heteroatoms. The molecule has 0 spiro atoms. The Labute approximate surface area is 186 Å². The lowest BCUT2D eigenvalue weighted by molar-refractivity contribution is 0.157. The average molecular weight is 415 g/mol. The molecule has 162 valence electrons. The fraction of sp³-hybridized carbons (Fsp3) is 0.333. The molecule has 1 aliphatic heterocycles. The van der Waals surface area contributed by atoms with E-state index < -0.39 is 0 Å². The average Bonchev–Trinajstić information content (AvgIpc) is 2.83. The molecule has 4 rings (SSSR count). The standard InChI is InChI=1S/C27H34N4/c1-4-10-24(11-5-1)27(25-12-6-2-7-13-25,26-14-8-3-9-15-26)31-22-20-29-18-16-28-17-19-30-21-23-31/h1-15,28-30H,16-23H2. The van der Waals surface area contributed by atoms with Gasteiger partial charge in [0.25, 0.3) is 0 Å². The van der Waals surface area contributed by atoms with Gasteiger partial charge in [-0.05, 0) is 16.7 Å². The van der Waals surface area contributed by atoms with Crippen LogP contribution in [0.4, 0.5) is 0 Å². The van der Waals surface area contributed by atoms with Crippen molar-refractivity contribution in [3.05, 3.63) is 108 Å². The van der Waals surface area contributed by atoms with Gasteiger partial charge in [0.15, 0.2) is 0 Å². The largest absolute Gasteiger partial charge is 0.314 e. The van der Waals surface area contributed by atoms with Gasteiger partial charge in [-0.2, -0.15) is 0 Å². The highest BCUT2D eigenvalue weighted by molar-refractivity contribution is 5.49. The Morgan fingerprint density at radius 1 is 0.452 bits per heavy atom. The van der Waals surface area contributed by atoms with Crippen molar-refractivity contribution in [2.75, 3.05) is 52.4 Å². The summed E-state index contributed by atoms with van der Waals surface area (Å²) in [4.78, 5) is 2.65. The van der Waals surface area contributed by atoms with Gasteiger partial charge in [0, 0.05) is 52.4 Å². The van der Waals surface area contributed by atoms with Gasteiger partial charge in [0.05, 0.1) is 5.54 Å². The second-order valence-corrected chi connectivity index (χ2v) is 8.05. The first-order chi connectivity index (χ1) is 15.4. The molecule has 0 aliphatic carbocycles. The second kappa shape index (κ2) is 11.2. The van der Waals surface area contributed by atoms with Crippen LogP contribution in [0.1, 0.15) is 16.7 Å². The van der Waals surface area contributed by atoms with E-state index in [9.17, 15) is 0 Å². The molecule has 0 saturated carbocycles. The Bertz CT molecular complexity index is 774. The summed E-state index contributed by atoms with van der Waals surface area (Å²) < 4.78 is 0. The molecule has 3 aromatic rings. The number of hydrogen-bond acceptors (Lipinski definition) is 4. The maximum Gasteiger partial charge on any atom is 0.0973 e. The van der Waals surface area contributed by atoms with Crippen molar-refractivity contribution in [1.82, 2.24) is 20.9 Å². The highest BCUT2D eigenvalue weighted by atomic mass is 15.2. The van der Waals surface area contributed by atoms with Crippen LogP contribution in [0.3, 0.4) is 0 Å². The highest BCUT2D eigenvalue weighted by Crippen LogP contribution is 2.42. The van der Waals surface area contributed by atoms with Crippen molar-refractivity contribution in [3.63, 3.8) is 0 Å². The number of rotatable bonds is 4. The Balaban J connectivity index is 1.85. The van der Waals surface area contributed by atoms with Crippen molar-refractivity contribution < 1.29 is 0 Å². The topological polar surface area (TPSA) is 39.3 Å². The molecule has 1 aliphatic rings. The quantitative estimate of drug-likeness (QED) is 0.574. The summed E-state index contributed by atoms with van der Waals surface area (Å²) in [7, 11) is 0. The minimum absolute atomic E-state index is 0.352. The van der Waals surface area contributed by atoms with E-state index >= 15 is 0 Å². The SMILES string of the molecule is c1ccc(C(c2ccccc2)(c2ccccc2)N2CCNCCNCCNCC2)cc1. The van der Waals surface area contributed by atoms with Crippen molar-refractivity contribution in [2.45, 2.75) is 5.54 Å². The van der Waals surface area contributed by atoms with Gasteiger partial charge < -0.3 is 16.0 Å². The molecule has 0 atom stereocenters. The highest BCUT2D eigenvalue weighted by Gasteiger charge is 2.41. The van der Waals surface area contributed by atoms with Gasteiger partial charge in [-0.15, -0.1) is 0 Å². The summed E-state index contributed by atoms with van der Waals surface area (Å²) in [5.74, 6) is 0. The Hall–Kier alpha value is -2.50. The fourth-order valence-electron chi connectivity index (χ4n) is 4.69. The van der Waals surface area contributed by atoms with Crippen LogP contribution in [0.5, 0.6) is 0 Å². The lowest BCUT2D eigenvalue weighted by Gasteiger charge is -2.46. The Kier molecular flexibility index (Phi) is 7.86. The van der Waals surface area contributed by atoms with E-state index in [0.29, 0.717) is 0 Å². The normalized spacial score (nSPS) is 17.4. The molecule has 1 heterocycles. The number of benzene rings is 3. The minimum atomic E-state index is -0.352. The zero-order valence-electron chi connectivity index (χ0n) is 18.3. The predicted octanol–water partition coefficient (Wildman–Crippen LogP) is 3.06. The number of nitrogens with one attached hydrogen (secondary N) is 3. The van der Waals surface area contributed by atoms with Crippen LogP contribution in [0.15, 0.2) is 91.0 Å². The van der Waals surface area contributed by atoms with Crippen LogP contribution in [-0.4, -0.2) is 57.3 Å². The molecule has 0 amide bonds. The predicted molar refractivity (Wildman–Crippen MR) is 129 cm³/mol. The van der Waals surface area contributed by atoms with E-state index in [1.54, 1.807) is 0 Å². The van der Waals surface area contributed by atoms with Gasteiger partial charge in [0.1, 0.15) is 0 Å². The first-order valence-corrected chi connectivity index (χ1v) is 11.5. The molecule has 0 bridgehead atoms. The van der Waals surface area contributed by atoms with Gasteiger partial charge in [-0.3, -0.25) is 4.90 Å². The minimum Gasteiger partial charge on any atom is -0.314 e. The van der Waals surface area contributed by atoms with Crippen LogP contribution < -0.4 is 16.0 Å². The van der Waals surface area contributed by atoms with Crippen molar-refractivity contribution >= 4 is 0 Å². The van der Waals surface area contributed by atoms with Crippen LogP contribution >= 0.6 is 0 Å². The number of nitrogens with zero attached hydrogens (tertiary/aromatic N) is 1. The van der Waals surface area contributed by atoms with Gasteiger partial charge in [-0.1, -0.05) is 91.0 Å². The molecule has 1 fully saturated rings. The smallest absolute Gasteiger partial charge is 0.0973 e. The summed E-state index contributed by atoms with van der Waals surface area (Å²) >= 11 is 0. The molecule has 0 unspecified atom stereocenters. The second-order valence-electron chi connectivity index (χ2n) is 8.05. The Morgan fingerprint density at radius 2 is 0.774 bits per heavy atom. The van der Waals surface area contributed by atoms with E-state index in [1.807, 2.05) is 0 Å². The first kappa shape index (κ1) is 21.7. The fourth-order valence-corrected chi connectivity index (χ4v) is 4.69. The summed E-state index contributed by atoms with van der Waals surface area (Å²) in [5, 5.41) is 10.8. The molecule has 0 radical (unpaired) electrons. The summed E-state index contributed by atoms with van der Waals surface area (Å²) in [6.45, 7) is 7.81. The van der Waals surface area contributed by atoms with Gasteiger partial charge in [0.2, 0.25) is 0 Å². The lowest BCUT2D eigenvalue weighted by atomic mass is 9.75. The van der Waals surface area contributed by atoms with Crippen LogP contribution in [-0.2, 0) is 5.54 Å².